The number of nitrogens with zero attached hydrogens (tertiary/aromatic N) is 1. The maximum absolute atomic E-state index is 11.9. The van der Waals surface area contributed by atoms with Crippen molar-refractivity contribution in [1.82, 2.24) is 10.2 Å². The highest BCUT2D eigenvalue weighted by Crippen LogP contribution is 2.18. The number of ether oxygens (including phenoxy) is 1. The van der Waals surface area contributed by atoms with E-state index in [1.807, 2.05) is 36.1 Å². The molecule has 0 aromatic heterocycles. The minimum atomic E-state index is -0.967. The molecule has 6 nitrogen and oxygen atoms in total. The SMILES string of the molecule is CCOc1cccc(CN2CCNC(=O)C2CC(=O)O)c1. The van der Waals surface area contributed by atoms with Crippen molar-refractivity contribution in [3.05, 3.63) is 29.8 Å². The zero-order valence-corrected chi connectivity index (χ0v) is 12.0. The molecule has 21 heavy (non-hydrogen) atoms. The van der Waals surface area contributed by atoms with Crippen LogP contribution in [0.25, 0.3) is 0 Å². The number of carbonyl (C=O) groups excluding carboxylic acids is 1. The molecule has 2 N–H and O–H groups in total. The van der Waals surface area contributed by atoms with E-state index < -0.39 is 12.0 Å². The number of aliphatic carboxylic acids is 1. The fourth-order valence-electron chi connectivity index (χ4n) is 2.47. The Balaban J connectivity index is 2.09. The minimum Gasteiger partial charge on any atom is -0.494 e. The molecule has 1 aliphatic rings. The number of benzene rings is 1. The molecule has 1 heterocycles. The zero-order chi connectivity index (χ0) is 15.2. The number of carbonyl (C=O) groups is 2. The molecular weight excluding hydrogens is 272 g/mol. The van der Waals surface area contributed by atoms with Gasteiger partial charge in [0, 0.05) is 19.6 Å². The first-order chi connectivity index (χ1) is 10.1. The monoisotopic (exact) mass is 292 g/mol. The van der Waals surface area contributed by atoms with E-state index in [1.165, 1.54) is 0 Å². The van der Waals surface area contributed by atoms with Crippen molar-refractivity contribution in [3.63, 3.8) is 0 Å². The fourth-order valence-corrected chi connectivity index (χ4v) is 2.47. The number of amides is 1. The predicted molar refractivity (Wildman–Crippen MR) is 77.1 cm³/mol. The Kier molecular flexibility index (Phi) is 5.16. The number of carboxylic acids is 1. The lowest BCUT2D eigenvalue weighted by Crippen LogP contribution is -2.55. The second kappa shape index (κ2) is 7.08. The molecule has 1 amide bonds. The van der Waals surface area contributed by atoms with Crippen molar-refractivity contribution in [3.8, 4) is 5.75 Å². The molecule has 1 fully saturated rings. The van der Waals surface area contributed by atoms with Crippen LogP contribution in [0.1, 0.15) is 18.9 Å². The van der Waals surface area contributed by atoms with Gasteiger partial charge in [-0.2, -0.15) is 0 Å². The Morgan fingerprint density at radius 3 is 3.05 bits per heavy atom. The van der Waals surface area contributed by atoms with Gasteiger partial charge in [-0.15, -0.1) is 0 Å². The molecule has 114 valence electrons. The van der Waals surface area contributed by atoms with Crippen molar-refractivity contribution >= 4 is 11.9 Å². The predicted octanol–water partition coefficient (Wildman–Crippen LogP) is 0.860. The van der Waals surface area contributed by atoms with Crippen molar-refractivity contribution in [1.29, 1.82) is 0 Å². The average Bonchev–Trinajstić information content (AvgIpc) is 2.43. The summed E-state index contributed by atoms with van der Waals surface area (Å²) < 4.78 is 5.46. The Hall–Kier alpha value is -2.08. The van der Waals surface area contributed by atoms with Gasteiger partial charge in [0.25, 0.3) is 0 Å². The Morgan fingerprint density at radius 1 is 1.52 bits per heavy atom. The Morgan fingerprint density at radius 2 is 2.33 bits per heavy atom. The molecule has 1 saturated heterocycles. The molecule has 1 aliphatic heterocycles. The van der Waals surface area contributed by atoms with Crippen LogP contribution < -0.4 is 10.1 Å². The van der Waals surface area contributed by atoms with Crippen LogP contribution in [-0.2, 0) is 16.1 Å². The third-order valence-corrected chi connectivity index (χ3v) is 3.40. The van der Waals surface area contributed by atoms with Crippen LogP contribution in [0.2, 0.25) is 0 Å². The van der Waals surface area contributed by atoms with Crippen LogP contribution in [0.15, 0.2) is 24.3 Å². The molecule has 0 aliphatic carbocycles. The van der Waals surface area contributed by atoms with Crippen molar-refractivity contribution in [2.45, 2.75) is 25.9 Å². The van der Waals surface area contributed by atoms with Gasteiger partial charge in [0.1, 0.15) is 11.8 Å². The maximum Gasteiger partial charge on any atom is 0.305 e. The van der Waals surface area contributed by atoms with Crippen molar-refractivity contribution in [2.24, 2.45) is 0 Å². The average molecular weight is 292 g/mol. The summed E-state index contributed by atoms with van der Waals surface area (Å²) in [6, 6.07) is 7.04. The van der Waals surface area contributed by atoms with Crippen LogP contribution in [0.3, 0.4) is 0 Å². The first-order valence-corrected chi connectivity index (χ1v) is 7.05. The molecule has 0 saturated carbocycles. The van der Waals surface area contributed by atoms with E-state index in [0.29, 0.717) is 26.2 Å². The largest absolute Gasteiger partial charge is 0.494 e. The molecule has 2 rings (SSSR count). The summed E-state index contributed by atoms with van der Waals surface area (Å²) in [5.41, 5.74) is 1.01. The third kappa shape index (κ3) is 4.19. The topological polar surface area (TPSA) is 78.9 Å². The summed E-state index contributed by atoms with van der Waals surface area (Å²) >= 11 is 0. The molecule has 1 atom stereocenters. The van der Waals surface area contributed by atoms with Gasteiger partial charge >= 0.3 is 5.97 Å². The first kappa shape index (κ1) is 15.3. The van der Waals surface area contributed by atoms with E-state index in [-0.39, 0.29) is 12.3 Å². The molecular formula is C15H20N2O4. The summed E-state index contributed by atoms with van der Waals surface area (Å²) in [6.07, 6.45) is -0.184. The van der Waals surface area contributed by atoms with Crippen LogP contribution in [0.4, 0.5) is 0 Å². The summed E-state index contributed by atoms with van der Waals surface area (Å²) in [5.74, 6) is -0.402. The highest BCUT2D eigenvalue weighted by molar-refractivity contribution is 5.86. The highest BCUT2D eigenvalue weighted by atomic mass is 16.5. The quantitative estimate of drug-likeness (QED) is 0.813. The summed E-state index contributed by atoms with van der Waals surface area (Å²) in [4.78, 5) is 24.7. The second-order valence-electron chi connectivity index (χ2n) is 4.96. The summed E-state index contributed by atoms with van der Waals surface area (Å²) in [7, 11) is 0. The molecule has 1 aromatic carbocycles. The first-order valence-electron chi connectivity index (χ1n) is 7.05. The van der Waals surface area contributed by atoms with E-state index in [2.05, 4.69) is 5.32 Å². The molecule has 0 bridgehead atoms. The smallest absolute Gasteiger partial charge is 0.305 e. The lowest BCUT2D eigenvalue weighted by Gasteiger charge is -2.34. The molecule has 0 radical (unpaired) electrons. The van der Waals surface area contributed by atoms with Crippen molar-refractivity contribution < 1.29 is 19.4 Å². The van der Waals surface area contributed by atoms with Crippen LogP contribution in [0.5, 0.6) is 5.75 Å². The fraction of sp³-hybridized carbons (Fsp3) is 0.467. The van der Waals surface area contributed by atoms with Gasteiger partial charge in [-0.25, -0.2) is 0 Å². The van der Waals surface area contributed by atoms with Gasteiger partial charge in [0.2, 0.25) is 5.91 Å². The standard InChI is InChI=1S/C15H20N2O4/c1-2-21-12-5-3-4-11(8-12)10-17-7-6-16-15(20)13(17)9-14(18)19/h3-5,8,13H,2,6-7,9-10H2,1H3,(H,16,20)(H,18,19). The highest BCUT2D eigenvalue weighted by Gasteiger charge is 2.31. The van der Waals surface area contributed by atoms with Gasteiger partial charge in [-0.1, -0.05) is 12.1 Å². The molecule has 0 spiro atoms. The minimum absolute atomic E-state index is 0.184. The zero-order valence-electron chi connectivity index (χ0n) is 12.0. The number of hydrogen-bond donors (Lipinski definition) is 2. The maximum atomic E-state index is 11.9. The second-order valence-corrected chi connectivity index (χ2v) is 4.96. The lowest BCUT2D eigenvalue weighted by atomic mass is 10.1. The van der Waals surface area contributed by atoms with Gasteiger partial charge < -0.3 is 15.2 Å². The third-order valence-electron chi connectivity index (χ3n) is 3.40. The van der Waals surface area contributed by atoms with E-state index in [4.69, 9.17) is 9.84 Å². The Bertz CT molecular complexity index is 518. The van der Waals surface area contributed by atoms with E-state index >= 15 is 0 Å². The van der Waals surface area contributed by atoms with E-state index in [1.54, 1.807) is 0 Å². The number of piperazine rings is 1. The molecule has 6 heteroatoms. The number of rotatable bonds is 6. The molecule has 1 aromatic rings. The van der Waals surface area contributed by atoms with Crippen LogP contribution in [0, 0.1) is 0 Å². The van der Waals surface area contributed by atoms with Crippen LogP contribution >= 0.6 is 0 Å². The van der Waals surface area contributed by atoms with E-state index in [9.17, 15) is 9.59 Å². The number of nitrogens with one attached hydrogen (secondary N) is 1. The number of hydrogen-bond acceptors (Lipinski definition) is 4. The van der Waals surface area contributed by atoms with Gasteiger partial charge in [-0.05, 0) is 24.6 Å². The van der Waals surface area contributed by atoms with Gasteiger partial charge in [-0.3, -0.25) is 14.5 Å². The summed E-state index contributed by atoms with van der Waals surface area (Å²) in [6.45, 7) is 4.23. The van der Waals surface area contributed by atoms with Gasteiger partial charge in [0.05, 0.1) is 13.0 Å². The molecule has 1 unspecified atom stereocenters. The number of carboxylic acid groups (broad SMARTS) is 1. The summed E-state index contributed by atoms with van der Waals surface area (Å²) in [5, 5.41) is 11.7. The van der Waals surface area contributed by atoms with Crippen LogP contribution in [-0.4, -0.2) is 47.6 Å². The van der Waals surface area contributed by atoms with E-state index in [0.717, 1.165) is 11.3 Å². The Labute approximate surface area is 123 Å². The van der Waals surface area contributed by atoms with Gasteiger partial charge in [0.15, 0.2) is 0 Å². The lowest BCUT2D eigenvalue weighted by molar-refractivity contribution is -0.143. The normalized spacial score (nSPS) is 19.1. The van der Waals surface area contributed by atoms with Crippen molar-refractivity contribution in [2.75, 3.05) is 19.7 Å².